The average molecular weight is 575 g/mol. The largest absolute Gasteiger partial charge is 0.494 e. The third-order valence-electron chi connectivity index (χ3n) is 7.02. The Morgan fingerprint density at radius 3 is 2.23 bits per heavy atom. The number of methoxy groups -OCH3 is 3. The molecule has 4 rings (SSSR count). The molecule has 3 aromatic rings. The minimum atomic E-state index is -4.11. The lowest BCUT2D eigenvalue weighted by atomic mass is 10.0. The normalized spacial score (nSPS) is 19.0. The molecule has 13 heteroatoms. The lowest BCUT2D eigenvalue weighted by molar-refractivity contribution is 0.00152. The number of hydrogen-bond donors (Lipinski definition) is 1. The van der Waals surface area contributed by atoms with Crippen molar-refractivity contribution in [2.45, 2.75) is 76.4 Å². The van der Waals surface area contributed by atoms with Crippen LogP contribution in [0.1, 0.15) is 69.3 Å². The first-order chi connectivity index (χ1) is 19.1. The van der Waals surface area contributed by atoms with Crippen molar-refractivity contribution in [2.24, 2.45) is 0 Å². The average Bonchev–Trinajstić information content (AvgIpc) is 3.57. The molecule has 0 saturated heterocycles. The van der Waals surface area contributed by atoms with Gasteiger partial charge in [-0.1, -0.05) is 12.5 Å². The van der Waals surface area contributed by atoms with Crippen LogP contribution in [0.4, 0.5) is 5.95 Å². The summed E-state index contributed by atoms with van der Waals surface area (Å²) in [5.74, 6) is 1.65. The second kappa shape index (κ2) is 12.5. The molecule has 1 saturated carbocycles. The van der Waals surface area contributed by atoms with E-state index in [0.29, 0.717) is 23.0 Å². The zero-order chi connectivity index (χ0) is 29.0. The van der Waals surface area contributed by atoms with Crippen molar-refractivity contribution in [3.8, 4) is 17.2 Å². The first kappa shape index (κ1) is 29.7. The molecule has 12 nitrogen and oxygen atoms in total. The maximum absolute atomic E-state index is 13.9. The molecule has 2 aromatic heterocycles. The molecule has 4 atom stereocenters. The lowest BCUT2D eigenvalue weighted by Crippen LogP contribution is -2.35. The SMILES string of the molecule is COc1cccc(OC)c1-n1c(NS(=O)(=O)C(C)C(OC(C)C)c2ncc(C)cn2)nnc1[C@@H]1CCC[C@@H]1OC. The van der Waals surface area contributed by atoms with Gasteiger partial charge >= 0.3 is 0 Å². The fraction of sp³-hybridized carbons (Fsp3) is 0.556. The highest BCUT2D eigenvalue weighted by Gasteiger charge is 2.38. The van der Waals surface area contributed by atoms with Crippen molar-refractivity contribution in [2.75, 3.05) is 26.1 Å². The number of sulfonamides is 1. The van der Waals surface area contributed by atoms with Gasteiger partial charge in [0.25, 0.3) is 0 Å². The van der Waals surface area contributed by atoms with Crippen LogP contribution < -0.4 is 14.2 Å². The number of hydrogen-bond acceptors (Lipinski definition) is 10. The third-order valence-corrected chi connectivity index (χ3v) is 8.72. The Labute approximate surface area is 235 Å². The smallest absolute Gasteiger partial charge is 0.243 e. The first-order valence-corrected chi connectivity index (χ1v) is 14.8. The quantitative estimate of drug-likeness (QED) is 0.338. The molecule has 1 N–H and O–H groups in total. The molecule has 0 spiro atoms. The van der Waals surface area contributed by atoms with Gasteiger partial charge in [-0.25, -0.2) is 18.4 Å². The van der Waals surface area contributed by atoms with Crippen LogP contribution in [0, 0.1) is 6.92 Å². The van der Waals surface area contributed by atoms with Crippen LogP contribution in [0.2, 0.25) is 0 Å². The molecular formula is C27H38N6O6S. The van der Waals surface area contributed by atoms with E-state index >= 15 is 0 Å². The molecule has 0 amide bonds. The number of nitrogens with one attached hydrogen (secondary N) is 1. The molecule has 0 bridgehead atoms. The Balaban J connectivity index is 1.81. The highest BCUT2D eigenvalue weighted by Crippen LogP contribution is 2.42. The van der Waals surface area contributed by atoms with Gasteiger partial charge < -0.3 is 18.9 Å². The highest BCUT2D eigenvalue weighted by molar-refractivity contribution is 7.93. The van der Waals surface area contributed by atoms with Crippen molar-refractivity contribution in [3.05, 3.63) is 47.8 Å². The van der Waals surface area contributed by atoms with Crippen LogP contribution in [0.5, 0.6) is 11.5 Å². The van der Waals surface area contributed by atoms with E-state index in [1.54, 1.807) is 49.2 Å². The van der Waals surface area contributed by atoms with E-state index in [-0.39, 0.29) is 29.9 Å². The molecular weight excluding hydrogens is 536 g/mol. The van der Waals surface area contributed by atoms with Crippen LogP contribution in [0.15, 0.2) is 30.6 Å². The van der Waals surface area contributed by atoms with Crippen molar-refractivity contribution in [1.29, 1.82) is 0 Å². The van der Waals surface area contributed by atoms with Crippen LogP contribution >= 0.6 is 0 Å². The second-order valence-corrected chi connectivity index (χ2v) is 12.2. The summed E-state index contributed by atoms with van der Waals surface area (Å²) >= 11 is 0. The van der Waals surface area contributed by atoms with Gasteiger partial charge in [-0.15, -0.1) is 10.2 Å². The zero-order valence-electron chi connectivity index (χ0n) is 24.0. The Morgan fingerprint density at radius 1 is 1.00 bits per heavy atom. The van der Waals surface area contributed by atoms with Crippen LogP contribution in [0.3, 0.4) is 0 Å². The van der Waals surface area contributed by atoms with E-state index < -0.39 is 21.4 Å². The van der Waals surface area contributed by atoms with Crippen molar-refractivity contribution < 1.29 is 27.4 Å². The van der Waals surface area contributed by atoms with E-state index in [1.165, 1.54) is 14.2 Å². The summed E-state index contributed by atoms with van der Waals surface area (Å²) in [6.07, 6.45) is 4.60. The number of aromatic nitrogens is 5. The number of ether oxygens (including phenoxy) is 4. The van der Waals surface area contributed by atoms with Gasteiger partial charge in [0, 0.05) is 25.4 Å². The van der Waals surface area contributed by atoms with Gasteiger partial charge in [0.2, 0.25) is 16.0 Å². The summed E-state index contributed by atoms with van der Waals surface area (Å²) in [5, 5.41) is 7.70. The molecule has 0 radical (unpaired) electrons. The topological polar surface area (TPSA) is 140 Å². The Bertz CT molecular complexity index is 1370. The van der Waals surface area contributed by atoms with Gasteiger partial charge in [-0.3, -0.25) is 9.29 Å². The number of para-hydroxylation sites is 1. The molecule has 1 aliphatic rings. The molecule has 1 aliphatic carbocycles. The molecule has 2 unspecified atom stereocenters. The molecule has 2 heterocycles. The number of nitrogens with zero attached hydrogens (tertiary/aromatic N) is 5. The second-order valence-electron chi connectivity index (χ2n) is 10.1. The minimum absolute atomic E-state index is 0.000440. The maximum atomic E-state index is 13.9. The van der Waals surface area contributed by atoms with Crippen molar-refractivity contribution in [1.82, 2.24) is 24.7 Å². The zero-order valence-corrected chi connectivity index (χ0v) is 24.8. The number of aryl methyl sites for hydroxylation is 1. The van der Waals surface area contributed by atoms with Gasteiger partial charge in [0.1, 0.15) is 34.4 Å². The Kier molecular flexibility index (Phi) is 9.26. The van der Waals surface area contributed by atoms with Gasteiger partial charge in [-0.05, 0) is 58.2 Å². The van der Waals surface area contributed by atoms with Gasteiger partial charge in [0.05, 0.1) is 26.4 Å². The summed E-state index contributed by atoms with van der Waals surface area (Å²) in [7, 11) is 0.639. The molecule has 218 valence electrons. The first-order valence-electron chi connectivity index (χ1n) is 13.3. The van der Waals surface area contributed by atoms with E-state index in [0.717, 1.165) is 24.8 Å². The number of anilines is 1. The summed E-state index contributed by atoms with van der Waals surface area (Å²) in [5.41, 5.74) is 1.34. The molecule has 1 fully saturated rings. The molecule has 40 heavy (non-hydrogen) atoms. The van der Waals surface area contributed by atoms with Gasteiger partial charge in [0.15, 0.2) is 5.82 Å². The molecule has 1 aromatic carbocycles. The number of benzene rings is 1. The van der Waals surface area contributed by atoms with Crippen LogP contribution in [-0.4, -0.2) is 71.9 Å². The van der Waals surface area contributed by atoms with E-state index in [1.807, 2.05) is 20.8 Å². The summed E-state index contributed by atoms with van der Waals surface area (Å²) in [6.45, 7) is 7.08. The fourth-order valence-electron chi connectivity index (χ4n) is 4.99. The van der Waals surface area contributed by atoms with E-state index in [4.69, 9.17) is 18.9 Å². The fourth-order valence-corrected chi connectivity index (χ4v) is 6.07. The van der Waals surface area contributed by atoms with Crippen molar-refractivity contribution in [3.63, 3.8) is 0 Å². The third kappa shape index (κ3) is 6.06. The predicted molar refractivity (Wildman–Crippen MR) is 150 cm³/mol. The Morgan fingerprint density at radius 2 is 1.65 bits per heavy atom. The monoisotopic (exact) mass is 574 g/mol. The standard InChI is InChI=1S/C27H38N6O6S/c1-16(2)39-24(25-28-14-17(3)15-29-25)18(4)40(34,35)32-27-31-30-26(19-10-8-11-20(19)36-5)33(27)23-21(37-6)12-9-13-22(23)38-7/h9,12-16,18-20,24H,8,10-11H2,1-7H3,(H,31,32)/t18?,19-,20+,24?/m1/s1. The summed E-state index contributed by atoms with van der Waals surface area (Å²) in [4.78, 5) is 8.70. The summed E-state index contributed by atoms with van der Waals surface area (Å²) in [6, 6.07) is 5.33. The molecule has 0 aliphatic heterocycles. The van der Waals surface area contributed by atoms with Gasteiger partial charge in [-0.2, -0.15) is 0 Å². The van der Waals surface area contributed by atoms with E-state index in [2.05, 4.69) is 24.9 Å². The minimum Gasteiger partial charge on any atom is -0.494 e. The Hall–Kier alpha value is -3.29. The van der Waals surface area contributed by atoms with Crippen LogP contribution in [0.25, 0.3) is 5.69 Å². The lowest BCUT2D eigenvalue weighted by Gasteiger charge is -2.26. The van der Waals surface area contributed by atoms with Crippen LogP contribution in [-0.2, 0) is 19.5 Å². The number of rotatable bonds is 12. The van der Waals surface area contributed by atoms with Crippen molar-refractivity contribution >= 4 is 16.0 Å². The van der Waals surface area contributed by atoms with E-state index in [9.17, 15) is 8.42 Å². The maximum Gasteiger partial charge on any atom is 0.243 e. The highest BCUT2D eigenvalue weighted by atomic mass is 32.2. The predicted octanol–water partition coefficient (Wildman–Crippen LogP) is 3.96. The summed E-state index contributed by atoms with van der Waals surface area (Å²) < 4.78 is 55.2.